The number of aryl methyl sites for hydroxylation is 1. The molecule has 0 aliphatic rings. The molecular weight excluding hydrogens is 394 g/mol. The molecule has 5 nitrogen and oxygen atoms in total. The summed E-state index contributed by atoms with van der Waals surface area (Å²) in [4.78, 5) is 12.7. The molecule has 6 heteroatoms. The van der Waals surface area contributed by atoms with Crippen LogP contribution >= 0.6 is 15.9 Å². The van der Waals surface area contributed by atoms with E-state index in [1.54, 1.807) is 16.9 Å². The van der Waals surface area contributed by atoms with E-state index in [1.807, 2.05) is 55.5 Å². The van der Waals surface area contributed by atoms with Gasteiger partial charge in [0.05, 0.1) is 12.7 Å². The lowest BCUT2D eigenvalue weighted by Gasteiger charge is -2.09. The fraction of sp³-hybridized carbons (Fsp3) is 0.100. The minimum atomic E-state index is -0.281. The van der Waals surface area contributed by atoms with Crippen LogP contribution in [0.4, 0.5) is 5.82 Å². The van der Waals surface area contributed by atoms with Crippen molar-refractivity contribution in [1.29, 1.82) is 0 Å². The number of halogens is 1. The highest BCUT2D eigenvalue weighted by Crippen LogP contribution is 2.25. The maximum absolute atomic E-state index is 12.7. The number of benzene rings is 2. The molecule has 4 rings (SSSR count). The number of hydrogen-bond acceptors (Lipinski definition) is 3. The summed E-state index contributed by atoms with van der Waals surface area (Å²) in [6.07, 6.45) is 1.67. The van der Waals surface area contributed by atoms with Crippen LogP contribution in [-0.4, -0.2) is 15.7 Å². The maximum Gasteiger partial charge on any atom is 0.292 e. The number of nitrogens with zero attached hydrogens (tertiary/aromatic N) is 2. The van der Waals surface area contributed by atoms with E-state index in [2.05, 4.69) is 26.3 Å². The molecular formula is C20H16BrN3O2. The van der Waals surface area contributed by atoms with Crippen molar-refractivity contribution < 1.29 is 9.21 Å². The molecule has 0 saturated heterocycles. The average Bonchev–Trinajstić information content (AvgIpc) is 3.22. The molecule has 26 heavy (non-hydrogen) atoms. The number of fused-ring (bicyclic) bond motifs is 1. The van der Waals surface area contributed by atoms with Gasteiger partial charge in [-0.2, -0.15) is 5.10 Å². The van der Waals surface area contributed by atoms with Crippen LogP contribution in [0.15, 0.2) is 69.7 Å². The standard InChI is InChI=1S/C20H16BrN3O2/c1-13-16-4-2-3-5-17(16)26-19(13)20(25)23-18-10-11-22-24(18)12-14-6-8-15(21)9-7-14/h2-11H,12H2,1H3,(H,23,25). The van der Waals surface area contributed by atoms with Crippen molar-refractivity contribution in [2.75, 3.05) is 5.32 Å². The SMILES string of the molecule is Cc1c(C(=O)Nc2ccnn2Cc2ccc(Br)cc2)oc2ccccc12. The van der Waals surface area contributed by atoms with Crippen LogP contribution in [-0.2, 0) is 6.54 Å². The second kappa shape index (κ2) is 6.80. The van der Waals surface area contributed by atoms with Crippen molar-refractivity contribution in [3.05, 3.63) is 82.2 Å². The molecule has 1 N–H and O–H groups in total. The Labute approximate surface area is 158 Å². The summed E-state index contributed by atoms with van der Waals surface area (Å²) in [7, 11) is 0. The van der Waals surface area contributed by atoms with Crippen molar-refractivity contribution in [2.24, 2.45) is 0 Å². The van der Waals surface area contributed by atoms with Crippen LogP contribution in [0.5, 0.6) is 0 Å². The monoisotopic (exact) mass is 409 g/mol. The van der Waals surface area contributed by atoms with Crippen LogP contribution in [0.2, 0.25) is 0 Å². The quantitative estimate of drug-likeness (QED) is 0.515. The van der Waals surface area contributed by atoms with E-state index < -0.39 is 0 Å². The van der Waals surface area contributed by atoms with Crippen LogP contribution in [0.1, 0.15) is 21.7 Å². The first-order chi connectivity index (χ1) is 12.6. The van der Waals surface area contributed by atoms with E-state index in [4.69, 9.17) is 4.42 Å². The van der Waals surface area contributed by atoms with E-state index in [0.29, 0.717) is 23.7 Å². The van der Waals surface area contributed by atoms with Crippen LogP contribution in [0, 0.1) is 6.92 Å². The number of para-hydroxylation sites is 1. The predicted octanol–water partition coefficient (Wildman–Crippen LogP) is 5.00. The van der Waals surface area contributed by atoms with Gasteiger partial charge in [0.15, 0.2) is 5.76 Å². The first kappa shape index (κ1) is 16.6. The number of aromatic nitrogens is 2. The summed E-state index contributed by atoms with van der Waals surface area (Å²) >= 11 is 3.43. The second-order valence-electron chi connectivity index (χ2n) is 6.01. The molecule has 0 fully saturated rings. The third-order valence-corrected chi connectivity index (χ3v) is 4.78. The van der Waals surface area contributed by atoms with Crippen molar-refractivity contribution in [2.45, 2.75) is 13.5 Å². The smallest absolute Gasteiger partial charge is 0.292 e. The molecule has 0 spiro atoms. The fourth-order valence-corrected chi connectivity index (χ4v) is 3.16. The highest BCUT2D eigenvalue weighted by Gasteiger charge is 2.18. The Bertz CT molecular complexity index is 1080. The number of furan rings is 1. The van der Waals surface area contributed by atoms with E-state index >= 15 is 0 Å². The predicted molar refractivity (Wildman–Crippen MR) is 104 cm³/mol. The second-order valence-corrected chi connectivity index (χ2v) is 6.92. The van der Waals surface area contributed by atoms with Gasteiger partial charge in [0, 0.05) is 21.5 Å². The van der Waals surface area contributed by atoms with Crippen LogP contribution in [0.3, 0.4) is 0 Å². The zero-order valence-electron chi connectivity index (χ0n) is 14.1. The molecule has 0 unspecified atom stereocenters. The van der Waals surface area contributed by atoms with Crippen LogP contribution in [0.25, 0.3) is 11.0 Å². The molecule has 2 aromatic carbocycles. The van der Waals surface area contributed by atoms with Crippen molar-refractivity contribution in [3.63, 3.8) is 0 Å². The summed E-state index contributed by atoms with van der Waals surface area (Å²) in [5, 5.41) is 8.15. The van der Waals surface area contributed by atoms with E-state index in [9.17, 15) is 4.79 Å². The number of anilines is 1. The number of carbonyl (C=O) groups excluding carboxylic acids is 1. The maximum atomic E-state index is 12.7. The molecule has 2 heterocycles. The molecule has 0 radical (unpaired) electrons. The Morgan fingerprint density at radius 2 is 1.92 bits per heavy atom. The molecule has 0 aliphatic carbocycles. The summed E-state index contributed by atoms with van der Waals surface area (Å²) in [5.41, 5.74) is 2.63. The molecule has 0 saturated carbocycles. The summed E-state index contributed by atoms with van der Waals surface area (Å²) in [6, 6.07) is 17.4. The van der Waals surface area contributed by atoms with Gasteiger partial charge in [-0.3, -0.25) is 4.79 Å². The van der Waals surface area contributed by atoms with Crippen molar-refractivity contribution in [3.8, 4) is 0 Å². The van der Waals surface area contributed by atoms with Gasteiger partial charge >= 0.3 is 0 Å². The molecule has 0 aliphatic heterocycles. The number of carbonyl (C=O) groups is 1. The van der Waals surface area contributed by atoms with Crippen molar-refractivity contribution >= 4 is 38.6 Å². The number of rotatable bonds is 4. The first-order valence-electron chi connectivity index (χ1n) is 8.17. The third kappa shape index (κ3) is 3.15. The topological polar surface area (TPSA) is 60.1 Å². The number of hydrogen-bond donors (Lipinski definition) is 1. The van der Waals surface area contributed by atoms with E-state index in [0.717, 1.165) is 21.0 Å². The van der Waals surface area contributed by atoms with Gasteiger partial charge in [-0.25, -0.2) is 4.68 Å². The Balaban J connectivity index is 1.57. The highest BCUT2D eigenvalue weighted by atomic mass is 79.9. The fourth-order valence-electron chi connectivity index (χ4n) is 2.89. The Morgan fingerprint density at radius 1 is 1.15 bits per heavy atom. The van der Waals surface area contributed by atoms with E-state index in [1.165, 1.54) is 0 Å². The minimum absolute atomic E-state index is 0.281. The van der Waals surface area contributed by atoms with Crippen molar-refractivity contribution in [1.82, 2.24) is 9.78 Å². The van der Waals surface area contributed by atoms with Gasteiger partial charge in [0.1, 0.15) is 11.4 Å². The summed E-state index contributed by atoms with van der Waals surface area (Å²) < 4.78 is 8.51. The molecule has 2 aromatic heterocycles. The van der Waals surface area contributed by atoms with Gasteiger partial charge in [-0.05, 0) is 30.7 Å². The highest BCUT2D eigenvalue weighted by molar-refractivity contribution is 9.10. The summed E-state index contributed by atoms with van der Waals surface area (Å²) in [6.45, 7) is 2.45. The first-order valence-corrected chi connectivity index (χ1v) is 8.97. The van der Waals surface area contributed by atoms with Gasteiger partial charge in [0.2, 0.25) is 0 Å². The zero-order chi connectivity index (χ0) is 18.1. The Hall–Kier alpha value is -2.86. The summed E-state index contributed by atoms with van der Waals surface area (Å²) in [5.74, 6) is 0.664. The lowest BCUT2D eigenvalue weighted by Crippen LogP contribution is -2.16. The van der Waals surface area contributed by atoms with Gasteiger partial charge in [-0.1, -0.05) is 46.3 Å². The zero-order valence-corrected chi connectivity index (χ0v) is 15.7. The number of nitrogens with one attached hydrogen (secondary N) is 1. The Kier molecular flexibility index (Phi) is 4.34. The third-order valence-electron chi connectivity index (χ3n) is 4.25. The number of amides is 1. The molecule has 4 aromatic rings. The average molecular weight is 410 g/mol. The lowest BCUT2D eigenvalue weighted by molar-refractivity contribution is 0.0997. The molecule has 0 bridgehead atoms. The van der Waals surface area contributed by atoms with Crippen LogP contribution < -0.4 is 5.32 Å². The minimum Gasteiger partial charge on any atom is -0.451 e. The van der Waals surface area contributed by atoms with Gasteiger partial charge in [-0.15, -0.1) is 0 Å². The van der Waals surface area contributed by atoms with E-state index in [-0.39, 0.29) is 5.91 Å². The molecule has 1 amide bonds. The normalized spacial score (nSPS) is 11.0. The largest absolute Gasteiger partial charge is 0.451 e. The van der Waals surface area contributed by atoms with Gasteiger partial charge < -0.3 is 9.73 Å². The van der Waals surface area contributed by atoms with Gasteiger partial charge in [0.25, 0.3) is 5.91 Å². The molecule has 130 valence electrons. The lowest BCUT2D eigenvalue weighted by atomic mass is 10.1. The Morgan fingerprint density at radius 3 is 2.69 bits per heavy atom. The molecule has 0 atom stereocenters.